The molecular weight excluding hydrogens is 302 g/mol. The Labute approximate surface area is 119 Å². The van der Waals surface area contributed by atoms with E-state index < -0.39 is 16.0 Å². The Kier molecular flexibility index (Phi) is 4.12. The molecule has 0 fully saturated rings. The van der Waals surface area contributed by atoms with Crippen LogP contribution in [-0.4, -0.2) is 29.5 Å². The van der Waals surface area contributed by atoms with Crippen LogP contribution in [0.2, 0.25) is 0 Å². The van der Waals surface area contributed by atoms with Gasteiger partial charge in [0.1, 0.15) is 10.7 Å². The lowest BCUT2D eigenvalue weighted by Gasteiger charge is -2.04. The molecule has 0 spiro atoms. The third-order valence-corrected chi connectivity index (χ3v) is 4.82. The summed E-state index contributed by atoms with van der Waals surface area (Å²) in [5.41, 5.74) is 0.537. The molecule has 2 aromatic rings. The van der Waals surface area contributed by atoms with Crippen molar-refractivity contribution < 1.29 is 18.3 Å². The zero-order valence-electron chi connectivity index (χ0n) is 10.4. The van der Waals surface area contributed by atoms with Gasteiger partial charge in [-0.1, -0.05) is 0 Å². The molecule has 0 aliphatic heterocycles. The van der Waals surface area contributed by atoms with Crippen molar-refractivity contribution in [1.82, 2.24) is 14.7 Å². The van der Waals surface area contributed by atoms with Gasteiger partial charge in [-0.25, -0.2) is 27.9 Å². The van der Waals surface area contributed by atoms with Crippen LogP contribution in [0.3, 0.4) is 0 Å². The maximum atomic E-state index is 12.0. The van der Waals surface area contributed by atoms with E-state index in [-0.39, 0.29) is 16.3 Å². The standard InChI is InChI=1S/C11H11N3O4S2/c1-7-12-3-2-8(14-7)5-13-20(17,18)9-4-10(11(15)16)19-6-9/h2-4,6,13H,5H2,1H3,(H,15,16). The quantitative estimate of drug-likeness (QED) is 0.853. The van der Waals surface area contributed by atoms with E-state index in [0.717, 1.165) is 17.4 Å². The second-order valence-electron chi connectivity index (χ2n) is 3.87. The van der Waals surface area contributed by atoms with Crippen molar-refractivity contribution in [2.24, 2.45) is 0 Å². The molecule has 0 aromatic carbocycles. The normalized spacial score (nSPS) is 11.4. The zero-order chi connectivity index (χ0) is 14.8. The van der Waals surface area contributed by atoms with E-state index in [1.807, 2.05) is 0 Å². The van der Waals surface area contributed by atoms with Crippen molar-refractivity contribution in [2.45, 2.75) is 18.4 Å². The maximum absolute atomic E-state index is 12.0. The first-order valence-corrected chi connectivity index (χ1v) is 7.85. The van der Waals surface area contributed by atoms with E-state index in [4.69, 9.17) is 5.11 Å². The first kappa shape index (κ1) is 14.6. The minimum Gasteiger partial charge on any atom is -0.477 e. The predicted molar refractivity (Wildman–Crippen MR) is 72.1 cm³/mol. The van der Waals surface area contributed by atoms with Gasteiger partial charge in [0.25, 0.3) is 0 Å². The Balaban J connectivity index is 2.12. The lowest BCUT2D eigenvalue weighted by atomic mass is 10.4. The summed E-state index contributed by atoms with van der Waals surface area (Å²) in [7, 11) is -3.75. The minimum absolute atomic E-state index is 0.0178. The molecule has 2 aromatic heterocycles. The van der Waals surface area contributed by atoms with Crippen molar-refractivity contribution in [2.75, 3.05) is 0 Å². The van der Waals surface area contributed by atoms with Crippen LogP contribution in [0, 0.1) is 6.92 Å². The molecule has 2 heterocycles. The first-order valence-electron chi connectivity index (χ1n) is 5.48. The van der Waals surface area contributed by atoms with Gasteiger partial charge in [-0.05, 0) is 19.1 Å². The molecule has 0 bridgehead atoms. The summed E-state index contributed by atoms with van der Waals surface area (Å²) < 4.78 is 26.3. The molecule has 7 nitrogen and oxygen atoms in total. The number of aromatic carboxylic acids is 1. The molecule has 20 heavy (non-hydrogen) atoms. The van der Waals surface area contributed by atoms with E-state index in [0.29, 0.717) is 11.5 Å². The number of aromatic nitrogens is 2. The summed E-state index contributed by atoms with van der Waals surface area (Å²) in [6, 6.07) is 2.73. The van der Waals surface area contributed by atoms with Crippen molar-refractivity contribution in [3.8, 4) is 0 Å². The number of nitrogens with zero attached hydrogens (tertiary/aromatic N) is 2. The first-order chi connectivity index (χ1) is 9.38. The van der Waals surface area contributed by atoms with Gasteiger partial charge >= 0.3 is 5.97 Å². The number of thiophene rings is 1. The largest absolute Gasteiger partial charge is 0.477 e. The smallest absolute Gasteiger partial charge is 0.345 e. The van der Waals surface area contributed by atoms with Gasteiger partial charge in [0, 0.05) is 11.6 Å². The molecule has 0 aliphatic rings. The highest BCUT2D eigenvalue weighted by atomic mass is 32.2. The van der Waals surface area contributed by atoms with Gasteiger partial charge in [0.2, 0.25) is 10.0 Å². The number of sulfonamides is 1. The van der Waals surface area contributed by atoms with Crippen LogP contribution >= 0.6 is 11.3 Å². The molecule has 0 unspecified atom stereocenters. The molecule has 0 atom stereocenters. The van der Waals surface area contributed by atoms with Gasteiger partial charge in [0.05, 0.1) is 17.1 Å². The summed E-state index contributed by atoms with van der Waals surface area (Å²) in [5, 5.41) is 10.1. The van der Waals surface area contributed by atoms with Crippen molar-refractivity contribution in [1.29, 1.82) is 0 Å². The topological polar surface area (TPSA) is 109 Å². The molecule has 2 N–H and O–H groups in total. The third kappa shape index (κ3) is 3.38. The number of hydrogen-bond donors (Lipinski definition) is 2. The molecule has 0 radical (unpaired) electrons. The predicted octanol–water partition coefficient (Wildman–Crippen LogP) is 1.02. The van der Waals surface area contributed by atoms with E-state index in [1.54, 1.807) is 19.2 Å². The summed E-state index contributed by atoms with van der Waals surface area (Å²) in [6.45, 7) is 1.72. The Bertz CT molecular complexity index is 740. The van der Waals surface area contributed by atoms with Crippen LogP contribution in [-0.2, 0) is 16.6 Å². The average molecular weight is 313 g/mol. The second kappa shape index (κ2) is 5.65. The number of carboxylic acids is 1. The van der Waals surface area contributed by atoms with Gasteiger partial charge in [-0.2, -0.15) is 0 Å². The van der Waals surface area contributed by atoms with E-state index in [2.05, 4.69) is 14.7 Å². The molecule has 2 rings (SSSR count). The maximum Gasteiger partial charge on any atom is 0.345 e. The number of carbonyl (C=O) groups is 1. The van der Waals surface area contributed by atoms with Crippen LogP contribution in [0.25, 0.3) is 0 Å². The highest BCUT2D eigenvalue weighted by Crippen LogP contribution is 2.19. The zero-order valence-corrected chi connectivity index (χ0v) is 12.0. The van der Waals surface area contributed by atoms with Crippen molar-refractivity contribution in [3.05, 3.63) is 40.1 Å². The van der Waals surface area contributed by atoms with Crippen molar-refractivity contribution in [3.63, 3.8) is 0 Å². The highest BCUT2D eigenvalue weighted by molar-refractivity contribution is 7.89. The molecule has 0 saturated carbocycles. The molecule has 9 heteroatoms. The Morgan fingerprint density at radius 1 is 1.50 bits per heavy atom. The van der Waals surface area contributed by atoms with Gasteiger partial charge in [0.15, 0.2) is 0 Å². The van der Waals surface area contributed by atoms with Crippen LogP contribution in [0.5, 0.6) is 0 Å². The van der Waals surface area contributed by atoms with Gasteiger partial charge in [-0.15, -0.1) is 11.3 Å². The number of rotatable bonds is 5. The molecule has 106 valence electrons. The van der Waals surface area contributed by atoms with Crippen LogP contribution in [0.1, 0.15) is 21.2 Å². The van der Waals surface area contributed by atoms with Crippen LogP contribution in [0.4, 0.5) is 0 Å². The number of aryl methyl sites for hydroxylation is 1. The van der Waals surface area contributed by atoms with Gasteiger partial charge < -0.3 is 5.11 Å². The van der Waals surface area contributed by atoms with E-state index >= 15 is 0 Å². The Morgan fingerprint density at radius 2 is 2.25 bits per heavy atom. The summed E-state index contributed by atoms with van der Waals surface area (Å²) >= 11 is 0.864. The number of carboxylic acid groups (broad SMARTS) is 1. The van der Waals surface area contributed by atoms with Gasteiger partial charge in [-0.3, -0.25) is 0 Å². The SMILES string of the molecule is Cc1nccc(CNS(=O)(=O)c2csc(C(=O)O)c2)n1. The van der Waals surface area contributed by atoms with Crippen LogP contribution < -0.4 is 4.72 Å². The number of hydrogen-bond acceptors (Lipinski definition) is 6. The number of nitrogens with one attached hydrogen (secondary N) is 1. The fraction of sp³-hybridized carbons (Fsp3) is 0.182. The van der Waals surface area contributed by atoms with E-state index in [9.17, 15) is 13.2 Å². The monoisotopic (exact) mass is 313 g/mol. The molecular formula is C11H11N3O4S2. The third-order valence-electron chi connectivity index (χ3n) is 2.37. The highest BCUT2D eigenvalue weighted by Gasteiger charge is 2.18. The second-order valence-corrected chi connectivity index (χ2v) is 6.55. The summed E-state index contributed by atoms with van der Waals surface area (Å²) in [5.74, 6) is -0.603. The van der Waals surface area contributed by atoms with Crippen molar-refractivity contribution >= 4 is 27.3 Å². The Morgan fingerprint density at radius 3 is 2.85 bits per heavy atom. The molecule has 0 aliphatic carbocycles. The molecule has 0 amide bonds. The summed E-state index contributed by atoms with van der Waals surface area (Å²) in [6.07, 6.45) is 1.54. The van der Waals surface area contributed by atoms with Crippen LogP contribution in [0.15, 0.2) is 28.6 Å². The van der Waals surface area contributed by atoms with E-state index in [1.165, 1.54) is 5.38 Å². The average Bonchev–Trinajstić information content (AvgIpc) is 2.87. The fourth-order valence-electron chi connectivity index (χ4n) is 1.43. The minimum atomic E-state index is -3.75. The summed E-state index contributed by atoms with van der Waals surface area (Å²) in [4.78, 5) is 18.6. The fourth-order valence-corrected chi connectivity index (χ4v) is 3.54. The molecule has 0 saturated heterocycles. The Hall–Kier alpha value is -1.84. The lowest BCUT2D eigenvalue weighted by molar-refractivity contribution is 0.0702. The lowest BCUT2D eigenvalue weighted by Crippen LogP contribution is -2.23.